The largest absolute Gasteiger partial charge is 0.492 e. The molecule has 42 heavy (non-hydrogen) atoms. The number of nitrogens with two attached hydrogens (primary N) is 4. The van der Waals surface area contributed by atoms with Crippen LogP contribution in [0.5, 0.6) is 0 Å². The number of amides is 1. The van der Waals surface area contributed by atoms with Crippen LogP contribution in [0.4, 0.5) is 0 Å². The van der Waals surface area contributed by atoms with Gasteiger partial charge in [-0.25, -0.2) is 0 Å². The number of hydrogen-bond donors (Lipinski definition) is 11. The molecule has 1 saturated heterocycles. The lowest BCUT2D eigenvalue weighted by Gasteiger charge is -2.50. The Morgan fingerprint density at radius 1 is 1.19 bits per heavy atom. The number of likely N-dealkylation sites (N-methyl/N-ethyl adjacent to an activating group) is 1. The van der Waals surface area contributed by atoms with E-state index in [0.29, 0.717) is 24.6 Å². The van der Waals surface area contributed by atoms with Crippen LogP contribution in [0.25, 0.3) is 0 Å². The van der Waals surface area contributed by atoms with Gasteiger partial charge in [-0.15, -0.1) is 0 Å². The Morgan fingerprint density at radius 2 is 1.90 bits per heavy atom. The molecule has 0 bridgehead atoms. The molecule has 0 aromatic heterocycles. The van der Waals surface area contributed by atoms with Crippen LogP contribution in [0.1, 0.15) is 32.6 Å². The molecular weight excluding hydrogens is 550 g/mol. The van der Waals surface area contributed by atoms with Crippen LogP contribution >= 0.6 is 0 Å². The Labute approximate surface area is 246 Å². The van der Waals surface area contributed by atoms with Crippen LogP contribution in [0.3, 0.4) is 0 Å². The smallest absolute Gasteiger partial charge is 0.250 e. The van der Waals surface area contributed by atoms with Gasteiger partial charge in [0.25, 0.3) is 0 Å². The van der Waals surface area contributed by atoms with Gasteiger partial charge < -0.3 is 73.5 Å². The summed E-state index contributed by atoms with van der Waals surface area (Å²) in [5, 5.41) is 52.4. The van der Waals surface area contributed by atoms with Gasteiger partial charge in [0, 0.05) is 30.6 Å². The van der Waals surface area contributed by atoms with E-state index >= 15 is 0 Å². The van der Waals surface area contributed by atoms with Crippen molar-refractivity contribution in [3.05, 3.63) is 11.8 Å². The van der Waals surface area contributed by atoms with Crippen molar-refractivity contribution in [2.45, 2.75) is 105 Å². The molecule has 2 saturated carbocycles. The van der Waals surface area contributed by atoms with Crippen molar-refractivity contribution in [1.82, 2.24) is 16.0 Å². The number of hydrogen-bond acceptors (Lipinski definition) is 14. The minimum Gasteiger partial charge on any atom is -0.492 e. The van der Waals surface area contributed by atoms with Crippen molar-refractivity contribution in [2.24, 2.45) is 34.8 Å². The molecule has 3 fully saturated rings. The van der Waals surface area contributed by atoms with Crippen molar-refractivity contribution in [1.29, 1.82) is 0 Å². The molecule has 0 spiro atoms. The zero-order valence-corrected chi connectivity index (χ0v) is 24.5. The maximum absolute atomic E-state index is 12.6. The molecule has 12 atom stereocenters. The second kappa shape index (κ2) is 14.1. The van der Waals surface area contributed by atoms with Gasteiger partial charge in [-0.3, -0.25) is 4.79 Å². The third kappa shape index (κ3) is 7.42. The zero-order valence-electron chi connectivity index (χ0n) is 24.5. The molecule has 4 aliphatic rings. The number of aliphatic hydroxyl groups is 4. The average molecular weight is 602 g/mol. The lowest BCUT2D eigenvalue weighted by atomic mass is 9.72. The van der Waals surface area contributed by atoms with Gasteiger partial charge in [0.15, 0.2) is 6.29 Å². The number of ether oxygens (including phenoxy) is 3. The van der Waals surface area contributed by atoms with Crippen LogP contribution in [0.2, 0.25) is 0 Å². The molecule has 15 heteroatoms. The first kappa shape index (κ1) is 33.4. The van der Waals surface area contributed by atoms with Gasteiger partial charge in [0.2, 0.25) is 5.91 Å². The van der Waals surface area contributed by atoms with E-state index in [-0.39, 0.29) is 25.6 Å². The van der Waals surface area contributed by atoms with Gasteiger partial charge in [-0.2, -0.15) is 0 Å². The predicted molar refractivity (Wildman–Crippen MR) is 152 cm³/mol. The van der Waals surface area contributed by atoms with Crippen molar-refractivity contribution in [3.8, 4) is 0 Å². The second-order valence-electron chi connectivity index (χ2n) is 12.6. The van der Waals surface area contributed by atoms with E-state index in [1.807, 2.05) is 6.08 Å². The Balaban J connectivity index is 1.49. The molecule has 0 aromatic carbocycles. The monoisotopic (exact) mass is 601 g/mol. The summed E-state index contributed by atoms with van der Waals surface area (Å²) in [5.74, 6) is -0.199. The molecule has 1 unspecified atom stereocenters. The minimum atomic E-state index is -1.47. The van der Waals surface area contributed by atoms with Crippen LogP contribution in [0, 0.1) is 11.8 Å². The molecule has 15 nitrogen and oxygen atoms in total. The standard InChI is InChI=1S/C27H51N7O8/c1-27(39)11-40-26(21(37)24(27)32-2)42-23-17(34-25(38)18(35)8-28)7-16(31)19(20(23)36)22-15(30)4-3-14(41-22)10-33-9-12-5-13(29)6-12/h3,12-13,15-24,26,32-33,35-37,39H,4-11,28-31H2,1-2H3,(H,34,38)/t12-,13-,15-,16+,17-,18+,19?,20+,21-,22+,23+,24-,26-,27+/m1/s1. The molecule has 0 aromatic rings. The fourth-order valence-electron chi connectivity index (χ4n) is 6.70. The van der Waals surface area contributed by atoms with Crippen LogP contribution in [0.15, 0.2) is 11.8 Å². The average Bonchev–Trinajstić information content (AvgIpc) is 2.91. The van der Waals surface area contributed by atoms with Gasteiger partial charge in [0.1, 0.15) is 35.8 Å². The maximum Gasteiger partial charge on any atom is 0.250 e. The Kier molecular flexibility index (Phi) is 11.2. The number of carbonyl (C=O) groups excluding carboxylic acids is 1. The number of rotatable bonds is 11. The second-order valence-corrected chi connectivity index (χ2v) is 12.6. The van der Waals surface area contributed by atoms with Crippen molar-refractivity contribution >= 4 is 5.91 Å². The minimum absolute atomic E-state index is 0.150. The normalized spacial score (nSPS) is 44.9. The third-order valence-electron chi connectivity index (χ3n) is 9.14. The van der Waals surface area contributed by atoms with E-state index in [4.69, 9.17) is 37.1 Å². The summed E-state index contributed by atoms with van der Waals surface area (Å²) in [6.45, 7) is 2.40. The molecule has 2 aliphatic heterocycles. The Hall–Kier alpha value is -1.47. The highest BCUT2D eigenvalue weighted by molar-refractivity contribution is 5.81. The number of nitrogens with one attached hydrogen (secondary N) is 3. The first-order valence-electron chi connectivity index (χ1n) is 14.9. The first-order chi connectivity index (χ1) is 19.9. The molecule has 0 radical (unpaired) electrons. The molecule has 15 N–H and O–H groups in total. The van der Waals surface area contributed by atoms with Crippen LogP contribution in [-0.2, 0) is 19.0 Å². The van der Waals surface area contributed by atoms with Crippen molar-refractivity contribution in [2.75, 3.05) is 33.3 Å². The van der Waals surface area contributed by atoms with Crippen LogP contribution in [-0.4, -0.2) is 132 Å². The Bertz CT molecular complexity index is 938. The predicted octanol–water partition coefficient (Wildman–Crippen LogP) is -4.73. The summed E-state index contributed by atoms with van der Waals surface area (Å²) in [6.07, 6.45) is -2.54. The highest BCUT2D eigenvalue weighted by Gasteiger charge is 2.53. The molecule has 2 heterocycles. The van der Waals surface area contributed by atoms with E-state index in [1.165, 1.54) is 6.92 Å². The SMILES string of the molecule is CN[C@@H]1[C@@H](O)[C@@H](O[C@H]2[C@H](NC(=O)[C@@H](O)CN)C[C@H](N)C([C@H]3OC(CNC[C@H]4C[C@H](N)C4)=CC[C@H]3N)[C@@H]2O)OC[C@]1(C)O. The van der Waals surface area contributed by atoms with Gasteiger partial charge in [0.05, 0.1) is 31.3 Å². The van der Waals surface area contributed by atoms with Crippen LogP contribution < -0.4 is 38.9 Å². The van der Waals surface area contributed by atoms with Gasteiger partial charge >= 0.3 is 0 Å². The number of carbonyl (C=O) groups is 1. The fraction of sp³-hybridized carbons (Fsp3) is 0.889. The molecular formula is C27H51N7O8. The van der Waals surface area contributed by atoms with Crippen molar-refractivity contribution < 1.29 is 39.4 Å². The summed E-state index contributed by atoms with van der Waals surface area (Å²) in [5.41, 5.74) is 23.0. The zero-order chi connectivity index (χ0) is 30.8. The van der Waals surface area contributed by atoms with Gasteiger partial charge in [-0.1, -0.05) is 0 Å². The highest BCUT2D eigenvalue weighted by Crippen LogP contribution is 2.36. The topological polar surface area (TPSA) is 266 Å². The van der Waals surface area contributed by atoms with E-state index in [2.05, 4.69) is 16.0 Å². The highest BCUT2D eigenvalue weighted by atomic mass is 16.7. The molecule has 2 aliphatic carbocycles. The summed E-state index contributed by atoms with van der Waals surface area (Å²) >= 11 is 0. The summed E-state index contributed by atoms with van der Waals surface area (Å²) in [7, 11) is 1.59. The third-order valence-corrected chi connectivity index (χ3v) is 9.14. The summed E-state index contributed by atoms with van der Waals surface area (Å²) in [6, 6.07) is -2.51. The fourth-order valence-corrected chi connectivity index (χ4v) is 6.70. The van der Waals surface area contributed by atoms with E-state index < -0.39 is 78.4 Å². The molecule has 242 valence electrons. The summed E-state index contributed by atoms with van der Waals surface area (Å²) in [4.78, 5) is 12.6. The lowest BCUT2D eigenvalue weighted by Crippen LogP contribution is -2.69. The molecule has 1 amide bonds. The number of aliphatic hydroxyl groups excluding tert-OH is 3. The lowest BCUT2D eigenvalue weighted by molar-refractivity contribution is -0.297. The van der Waals surface area contributed by atoms with E-state index in [0.717, 1.165) is 19.4 Å². The quantitative estimate of drug-likeness (QED) is 0.106. The van der Waals surface area contributed by atoms with Crippen molar-refractivity contribution in [3.63, 3.8) is 0 Å². The van der Waals surface area contributed by atoms with E-state index in [1.54, 1.807) is 7.05 Å². The van der Waals surface area contributed by atoms with Gasteiger partial charge in [-0.05, 0) is 58.2 Å². The van der Waals surface area contributed by atoms with E-state index in [9.17, 15) is 25.2 Å². The maximum atomic E-state index is 12.6. The summed E-state index contributed by atoms with van der Waals surface area (Å²) < 4.78 is 18.2. The first-order valence-corrected chi connectivity index (χ1v) is 14.9. The Morgan fingerprint density at radius 3 is 2.55 bits per heavy atom. The molecule has 4 rings (SSSR count).